The van der Waals surface area contributed by atoms with Crippen molar-refractivity contribution >= 4 is 29.8 Å². The van der Waals surface area contributed by atoms with E-state index in [1.807, 2.05) is 13.8 Å². The van der Waals surface area contributed by atoms with Crippen LogP contribution in [0.4, 0.5) is 4.39 Å². The van der Waals surface area contributed by atoms with Gasteiger partial charge in [-0.2, -0.15) is 0 Å². The minimum Gasteiger partial charge on any atom is -0.417 e. The first kappa shape index (κ1) is 15.8. The van der Waals surface area contributed by atoms with Gasteiger partial charge in [-0.25, -0.2) is 8.96 Å². The number of hydrogen-bond acceptors (Lipinski definition) is 4. The van der Waals surface area contributed by atoms with Gasteiger partial charge >= 0.3 is 6.80 Å². The Morgan fingerprint density at radius 1 is 1.56 bits per heavy atom. The van der Waals surface area contributed by atoms with Crippen molar-refractivity contribution in [2.24, 2.45) is 0 Å². The van der Waals surface area contributed by atoms with Crippen LogP contribution in [0, 0.1) is 5.82 Å². The van der Waals surface area contributed by atoms with Gasteiger partial charge in [0.2, 0.25) is 0 Å². The second-order valence-corrected chi connectivity index (χ2v) is 8.46. The smallest absolute Gasteiger partial charge is 0.417 e. The SMILES string of the molecule is CCC(C)SP(=O)(OC)Oc1ccc(F)c(Cl)c1. The quantitative estimate of drug-likeness (QED) is 0.681. The van der Waals surface area contributed by atoms with E-state index in [1.54, 1.807) is 0 Å². The van der Waals surface area contributed by atoms with Crippen LogP contribution in [0.5, 0.6) is 5.75 Å². The topological polar surface area (TPSA) is 35.5 Å². The van der Waals surface area contributed by atoms with Crippen LogP contribution in [0.25, 0.3) is 0 Å². The first-order valence-electron chi connectivity index (χ1n) is 5.39. The predicted molar refractivity (Wildman–Crippen MR) is 74.0 cm³/mol. The Bertz CT molecular complexity index is 458. The summed E-state index contributed by atoms with van der Waals surface area (Å²) in [5.74, 6) is -0.326. The highest BCUT2D eigenvalue weighted by atomic mass is 35.5. The third kappa shape index (κ3) is 4.47. The van der Waals surface area contributed by atoms with E-state index in [0.717, 1.165) is 23.9 Å². The van der Waals surface area contributed by atoms with Gasteiger partial charge in [-0.05, 0) is 29.9 Å². The second kappa shape index (κ2) is 6.80. The van der Waals surface area contributed by atoms with Crippen molar-refractivity contribution in [3.63, 3.8) is 0 Å². The molecule has 0 spiro atoms. The van der Waals surface area contributed by atoms with Crippen LogP contribution in [-0.4, -0.2) is 12.4 Å². The Labute approximate surface area is 115 Å². The van der Waals surface area contributed by atoms with Crippen molar-refractivity contribution in [2.45, 2.75) is 25.5 Å². The van der Waals surface area contributed by atoms with Gasteiger partial charge in [0, 0.05) is 18.4 Å². The fraction of sp³-hybridized carbons (Fsp3) is 0.455. The average Bonchev–Trinajstić information content (AvgIpc) is 2.33. The van der Waals surface area contributed by atoms with Gasteiger partial charge in [0.1, 0.15) is 11.6 Å². The standard InChI is InChI=1S/C11H15ClFO3PS/c1-4-8(2)18-17(14,15-3)16-9-5-6-11(13)10(12)7-9/h5-8H,4H2,1-3H3. The van der Waals surface area contributed by atoms with Gasteiger partial charge in [-0.1, -0.05) is 25.4 Å². The summed E-state index contributed by atoms with van der Waals surface area (Å²) in [6.07, 6.45) is 0.839. The molecule has 0 aromatic heterocycles. The van der Waals surface area contributed by atoms with Crippen LogP contribution in [0.1, 0.15) is 20.3 Å². The Morgan fingerprint density at radius 2 is 2.22 bits per heavy atom. The molecule has 1 aromatic rings. The summed E-state index contributed by atoms with van der Waals surface area (Å²) in [5, 5.41) is 0.0513. The van der Waals surface area contributed by atoms with Gasteiger partial charge in [0.25, 0.3) is 0 Å². The summed E-state index contributed by atoms with van der Waals surface area (Å²) in [7, 11) is 1.32. The number of hydrogen-bond donors (Lipinski definition) is 0. The monoisotopic (exact) mass is 312 g/mol. The molecular formula is C11H15ClFO3PS. The van der Waals surface area contributed by atoms with Crippen LogP contribution in [0.2, 0.25) is 5.02 Å². The van der Waals surface area contributed by atoms with E-state index in [0.29, 0.717) is 0 Å². The first-order valence-corrected chi connectivity index (χ1v) is 8.79. The van der Waals surface area contributed by atoms with E-state index in [-0.39, 0.29) is 16.0 Å². The van der Waals surface area contributed by atoms with E-state index in [1.165, 1.54) is 19.2 Å². The van der Waals surface area contributed by atoms with Crippen molar-refractivity contribution in [1.29, 1.82) is 0 Å². The molecular weight excluding hydrogens is 298 g/mol. The summed E-state index contributed by atoms with van der Waals surface area (Å²) in [4.78, 5) is 0. The molecule has 0 radical (unpaired) electrons. The summed E-state index contributed by atoms with van der Waals surface area (Å²) < 4.78 is 35.5. The fourth-order valence-electron chi connectivity index (χ4n) is 1.06. The molecule has 0 saturated carbocycles. The first-order chi connectivity index (χ1) is 8.40. The molecule has 0 aliphatic heterocycles. The summed E-state index contributed by atoms with van der Waals surface area (Å²) in [6, 6.07) is 3.80. The largest absolute Gasteiger partial charge is 0.440 e. The molecule has 0 bridgehead atoms. The molecule has 2 atom stereocenters. The van der Waals surface area contributed by atoms with Crippen LogP contribution in [0.15, 0.2) is 18.2 Å². The van der Waals surface area contributed by atoms with Gasteiger partial charge < -0.3 is 4.52 Å². The van der Waals surface area contributed by atoms with Gasteiger partial charge in [0.15, 0.2) is 0 Å². The minimum absolute atomic E-state index is 0.0799. The molecule has 0 fully saturated rings. The van der Waals surface area contributed by atoms with Crippen molar-refractivity contribution in [1.82, 2.24) is 0 Å². The summed E-state index contributed by atoms with van der Waals surface area (Å²) >= 11 is 6.75. The Hall–Kier alpha value is -0.220. The van der Waals surface area contributed by atoms with E-state index in [4.69, 9.17) is 20.6 Å². The zero-order valence-electron chi connectivity index (χ0n) is 10.4. The zero-order valence-corrected chi connectivity index (χ0v) is 12.8. The lowest BCUT2D eigenvalue weighted by Gasteiger charge is -2.19. The Morgan fingerprint density at radius 3 is 2.72 bits per heavy atom. The van der Waals surface area contributed by atoms with E-state index in [2.05, 4.69) is 0 Å². The molecule has 102 valence electrons. The predicted octanol–water partition coefficient (Wildman–Crippen LogP) is 5.14. The maximum atomic E-state index is 13.0. The lowest BCUT2D eigenvalue weighted by molar-refractivity contribution is 0.341. The maximum absolute atomic E-state index is 13.0. The third-order valence-corrected chi connectivity index (χ3v) is 6.86. The zero-order chi connectivity index (χ0) is 13.8. The molecule has 1 rings (SSSR count). The lowest BCUT2D eigenvalue weighted by atomic mass is 10.3. The van der Waals surface area contributed by atoms with Crippen molar-refractivity contribution < 1.29 is 18.0 Å². The van der Waals surface area contributed by atoms with Crippen LogP contribution in [-0.2, 0) is 9.09 Å². The van der Waals surface area contributed by atoms with Crippen LogP contribution in [0.3, 0.4) is 0 Å². The summed E-state index contributed by atoms with van der Waals surface area (Å²) in [5.41, 5.74) is 0. The normalized spacial score (nSPS) is 16.1. The van der Waals surface area contributed by atoms with Crippen LogP contribution >= 0.6 is 29.8 Å². The lowest BCUT2D eigenvalue weighted by Crippen LogP contribution is -1.99. The van der Waals surface area contributed by atoms with E-state index in [9.17, 15) is 8.96 Å². The van der Waals surface area contributed by atoms with E-state index >= 15 is 0 Å². The second-order valence-electron chi connectivity index (χ2n) is 3.62. The van der Waals surface area contributed by atoms with Gasteiger partial charge in [-0.3, -0.25) is 4.52 Å². The minimum atomic E-state index is -3.29. The summed E-state index contributed by atoms with van der Waals surface area (Å²) in [6.45, 7) is 0.612. The Kier molecular flexibility index (Phi) is 5.99. The highest BCUT2D eigenvalue weighted by Crippen LogP contribution is 2.61. The molecule has 18 heavy (non-hydrogen) atoms. The fourth-order valence-corrected chi connectivity index (χ4v) is 4.81. The van der Waals surface area contributed by atoms with Gasteiger partial charge in [-0.15, -0.1) is 0 Å². The molecule has 0 heterocycles. The number of halogens is 2. The third-order valence-electron chi connectivity index (χ3n) is 2.22. The van der Waals surface area contributed by atoms with Gasteiger partial charge in [0.05, 0.1) is 5.02 Å². The van der Waals surface area contributed by atoms with Crippen molar-refractivity contribution in [3.05, 3.63) is 29.0 Å². The molecule has 0 amide bonds. The van der Waals surface area contributed by atoms with Crippen molar-refractivity contribution in [2.75, 3.05) is 7.11 Å². The molecule has 3 nitrogen and oxygen atoms in total. The Balaban J connectivity index is 2.84. The van der Waals surface area contributed by atoms with E-state index < -0.39 is 12.6 Å². The molecule has 2 unspecified atom stereocenters. The highest BCUT2D eigenvalue weighted by Gasteiger charge is 2.28. The molecule has 0 N–H and O–H groups in total. The molecule has 0 saturated heterocycles. The molecule has 0 aliphatic carbocycles. The number of benzene rings is 1. The van der Waals surface area contributed by atoms with Crippen molar-refractivity contribution in [3.8, 4) is 5.75 Å². The molecule has 7 heteroatoms. The molecule has 1 aromatic carbocycles. The maximum Gasteiger partial charge on any atom is 0.440 e. The average molecular weight is 313 g/mol. The number of rotatable bonds is 6. The molecule has 0 aliphatic rings. The van der Waals surface area contributed by atoms with Crippen LogP contribution < -0.4 is 4.52 Å². The highest BCUT2D eigenvalue weighted by molar-refractivity contribution is 8.55.